The predicted octanol–water partition coefficient (Wildman–Crippen LogP) is 4.13. The standard InChI is InChI=1S/C20H16BrN5O/c21-17-6-4-5-15(11-17)13-26-19(9-10-22-26)24-20(27)16-12-23-25(14-16)18-7-2-1-3-8-18/h1-12,14H,13H2,(H,24,27). The smallest absolute Gasteiger partial charge is 0.260 e. The molecular formula is C20H16BrN5O. The number of benzene rings is 2. The number of nitrogens with one attached hydrogen (secondary N) is 1. The number of carbonyl (C=O) groups is 1. The van der Waals surface area contributed by atoms with E-state index in [-0.39, 0.29) is 5.91 Å². The Labute approximate surface area is 164 Å². The van der Waals surface area contributed by atoms with Crippen molar-refractivity contribution in [2.75, 3.05) is 5.32 Å². The van der Waals surface area contributed by atoms with Gasteiger partial charge in [-0.2, -0.15) is 10.2 Å². The second-order valence-corrected chi connectivity index (χ2v) is 6.88. The first-order valence-electron chi connectivity index (χ1n) is 8.37. The Bertz CT molecular complexity index is 1070. The summed E-state index contributed by atoms with van der Waals surface area (Å²) in [5.41, 5.74) is 2.46. The van der Waals surface area contributed by atoms with Crippen molar-refractivity contribution in [3.63, 3.8) is 0 Å². The normalized spacial score (nSPS) is 10.7. The highest BCUT2D eigenvalue weighted by atomic mass is 79.9. The molecule has 27 heavy (non-hydrogen) atoms. The monoisotopic (exact) mass is 421 g/mol. The molecule has 2 aromatic heterocycles. The van der Waals surface area contributed by atoms with Crippen molar-refractivity contribution in [2.24, 2.45) is 0 Å². The van der Waals surface area contributed by atoms with E-state index >= 15 is 0 Å². The van der Waals surface area contributed by atoms with Crippen molar-refractivity contribution in [1.29, 1.82) is 0 Å². The third-order valence-corrected chi connectivity index (χ3v) is 4.54. The highest BCUT2D eigenvalue weighted by Gasteiger charge is 2.12. The number of anilines is 1. The van der Waals surface area contributed by atoms with Crippen molar-refractivity contribution < 1.29 is 4.79 Å². The lowest BCUT2D eigenvalue weighted by atomic mass is 10.2. The van der Waals surface area contributed by atoms with Crippen molar-refractivity contribution in [3.8, 4) is 5.69 Å². The molecule has 0 saturated heterocycles. The van der Waals surface area contributed by atoms with Crippen molar-refractivity contribution >= 4 is 27.7 Å². The summed E-state index contributed by atoms with van der Waals surface area (Å²) in [6, 6.07) is 19.4. The van der Waals surface area contributed by atoms with Crippen LogP contribution in [0.5, 0.6) is 0 Å². The fourth-order valence-corrected chi connectivity index (χ4v) is 3.17. The lowest BCUT2D eigenvalue weighted by Gasteiger charge is -2.09. The minimum atomic E-state index is -0.229. The molecule has 0 radical (unpaired) electrons. The lowest BCUT2D eigenvalue weighted by molar-refractivity contribution is 0.102. The largest absolute Gasteiger partial charge is 0.307 e. The Morgan fingerprint density at radius 1 is 1.04 bits per heavy atom. The van der Waals surface area contributed by atoms with Crippen LogP contribution in [0.25, 0.3) is 5.69 Å². The third-order valence-electron chi connectivity index (χ3n) is 4.05. The summed E-state index contributed by atoms with van der Waals surface area (Å²) in [4.78, 5) is 12.6. The van der Waals surface area contributed by atoms with Gasteiger partial charge in [-0.05, 0) is 29.8 Å². The summed E-state index contributed by atoms with van der Waals surface area (Å²) in [5.74, 6) is 0.403. The second kappa shape index (κ2) is 7.59. The van der Waals surface area contributed by atoms with Gasteiger partial charge in [0.15, 0.2) is 0 Å². The number of amides is 1. The van der Waals surface area contributed by atoms with E-state index in [2.05, 4.69) is 31.4 Å². The average Bonchev–Trinajstić information content (AvgIpc) is 3.33. The number of rotatable bonds is 5. The second-order valence-electron chi connectivity index (χ2n) is 5.97. The molecule has 4 rings (SSSR count). The maximum Gasteiger partial charge on any atom is 0.260 e. The maximum atomic E-state index is 12.6. The topological polar surface area (TPSA) is 64.7 Å². The van der Waals surface area contributed by atoms with Crippen LogP contribution in [0.4, 0.5) is 5.82 Å². The van der Waals surface area contributed by atoms with Crippen molar-refractivity contribution in [2.45, 2.75) is 6.54 Å². The summed E-state index contributed by atoms with van der Waals surface area (Å²) in [6.45, 7) is 0.561. The van der Waals surface area contributed by atoms with Gasteiger partial charge in [-0.3, -0.25) is 4.79 Å². The van der Waals surface area contributed by atoms with Crippen LogP contribution in [0.3, 0.4) is 0 Å². The Morgan fingerprint density at radius 2 is 1.89 bits per heavy atom. The molecule has 1 N–H and O–H groups in total. The molecule has 0 fully saturated rings. The van der Waals surface area contributed by atoms with Crippen LogP contribution in [0, 0.1) is 0 Å². The van der Waals surface area contributed by atoms with E-state index in [1.54, 1.807) is 34.0 Å². The first-order chi connectivity index (χ1) is 13.2. The zero-order valence-corrected chi connectivity index (χ0v) is 15.9. The Kier molecular flexibility index (Phi) is 4.84. The number of para-hydroxylation sites is 1. The van der Waals surface area contributed by atoms with Gasteiger partial charge in [0.1, 0.15) is 5.82 Å². The molecule has 1 amide bonds. The third kappa shape index (κ3) is 3.98. The molecule has 0 aliphatic rings. The maximum absolute atomic E-state index is 12.6. The van der Waals surface area contributed by atoms with Crippen LogP contribution in [0.15, 0.2) is 83.7 Å². The molecule has 7 heteroatoms. The lowest BCUT2D eigenvalue weighted by Crippen LogP contribution is -2.15. The molecule has 6 nitrogen and oxygen atoms in total. The SMILES string of the molecule is O=C(Nc1ccnn1Cc1cccc(Br)c1)c1cnn(-c2ccccc2)c1. The van der Waals surface area contributed by atoms with E-state index in [9.17, 15) is 4.79 Å². The van der Waals surface area contributed by atoms with E-state index in [1.807, 2.05) is 54.6 Å². The van der Waals surface area contributed by atoms with Gasteiger partial charge in [0.25, 0.3) is 5.91 Å². The van der Waals surface area contributed by atoms with E-state index in [0.29, 0.717) is 17.9 Å². The van der Waals surface area contributed by atoms with Gasteiger partial charge >= 0.3 is 0 Å². The minimum absolute atomic E-state index is 0.229. The van der Waals surface area contributed by atoms with Crippen LogP contribution < -0.4 is 5.32 Å². The summed E-state index contributed by atoms with van der Waals surface area (Å²) in [7, 11) is 0. The van der Waals surface area contributed by atoms with Gasteiger partial charge < -0.3 is 5.32 Å². The van der Waals surface area contributed by atoms with Crippen LogP contribution in [-0.2, 0) is 6.54 Å². The van der Waals surface area contributed by atoms with Gasteiger partial charge in [0, 0.05) is 16.7 Å². The summed E-state index contributed by atoms with van der Waals surface area (Å²) >= 11 is 3.47. The summed E-state index contributed by atoms with van der Waals surface area (Å²) in [5, 5.41) is 11.5. The number of hydrogen-bond donors (Lipinski definition) is 1. The highest BCUT2D eigenvalue weighted by molar-refractivity contribution is 9.10. The molecule has 0 saturated carbocycles. The molecule has 0 unspecified atom stereocenters. The van der Waals surface area contributed by atoms with Crippen LogP contribution >= 0.6 is 15.9 Å². The van der Waals surface area contributed by atoms with Gasteiger partial charge in [0.2, 0.25) is 0 Å². The van der Waals surface area contributed by atoms with Crippen LogP contribution in [-0.4, -0.2) is 25.5 Å². The Hall–Kier alpha value is -3.19. The van der Waals surface area contributed by atoms with E-state index in [1.165, 1.54) is 0 Å². The Morgan fingerprint density at radius 3 is 2.70 bits per heavy atom. The Balaban J connectivity index is 1.49. The van der Waals surface area contributed by atoms with E-state index in [0.717, 1.165) is 15.7 Å². The van der Waals surface area contributed by atoms with Gasteiger partial charge in [-0.15, -0.1) is 0 Å². The fraction of sp³-hybridized carbons (Fsp3) is 0.0500. The average molecular weight is 422 g/mol. The first kappa shape index (κ1) is 17.2. The molecule has 2 aromatic carbocycles. The number of aromatic nitrogens is 4. The van der Waals surface area contributed by atoms with Crippen LogP contribution in [0.2, 0.25) is 0 Å². The molecule has 2 heterocycles. The predicted molar refractivity (Wildman–Crippen MR) is 107 cm³/mol. The molecular weight excluding hydrogens is 406 g/mol. The van der Waals surface area contributed by atoms with Crippen molar-refractivity contribution in [3.05, 3.63) is 94.9 Å². The molecule has 0 bridgehead atoms. The van der Waals surface area contributed by atoms with Gasteiger partial charge in [-0.1, -0.05) is 46.3 Å². The number of carbonyl (C=O) groups excluding carboxylic acids is 1. The van der Waals surface area contributed by atoms with Crippen LogP contribution in [0.1, 0.15) is 15.9 Å². The number of hydrogen-bond acceptors (Lipinski definition) is 3. The van der Waals surface area contributed by atoms with E-state index < -0.39 is 0 Å². The molecule has 134 valence electrons. The van der Waals surface area contributed by atoms with Gasteiger partial charge in [0.05, 0.1) is 30.2 Å². The van der Waals surface area contributed by atoms with Gasteiger partial charge in [-0.25, -0.2) is 9.36 Å². The zero-order chi connectivity index (χ0) is 18.6. The fourth-order valence-electron chi connectivity index (χ4n) is 2.72. The van der Waals surface area contributed by atoms with E-state index in [4.69, 9.17) is 0 Å². The molecule has 0 spiro atoms. The quantitative estimate of drug-likeness (QED) is 0.526. The minimum Gasteiger partial charge on any atom is -0.307 e. The number of halogens is 1. The number of nitrogens with zero attached hydrogens (tertiary/aromatic N) is 4. The zero-order valence-electron chi connectivity index (χ0n) is 14.3. The first-order valence-corrected chi connectivity index (χ1v) is 9.16. The summed E-state index contributed by atoms with van der Waals surface area (Å²) < 4.78 is 4.43. The highest BCUT2D eigenvalue weighted by Crippen LogP contribution is 2.16. The molecule has 0 aliphatic carbocycles. The summed E-state index contributed by atoms with van der Waals surface area (Å²) in [6.07, 6.45) is 4.93. The van der Waals surface area contributed by atoms with Crippen molar-refractivity contribution in [1.82, 2.24) is 19.6 Å². The molecule has 0 atom stereocenters. The molecule has 4 aromatic rings. The molecule has 0 aliphatic heterocycles.